The number of halogens is 2. The smallest absolute Gasteiger partial charge is 0.265 e. The third-order valence-corrected chi connectivity index (χ3v) is 6.34. The summed E-state index contributed by atoms with van der Waals surface area (Å²) in [5, 5.41) is 11.0. The number of hydrogen-bond acceptors (Lipinski definition) is 6. The molecule has 0 unspecified atom stereocenters. The van der Waals surface area contributed by atoms with Gasteiger partial charge in [-0.3, -0.25) is 9.48 Å². The number of hydrogen-bond donors (Lipinski definition) is 2. The van der Waals surface area contributed by atoms with Crippen LogP contribution in [0.4, 0.5) is 11.5 Å². The number of nitrogens with zero attached hydrogens (tertiary/aromatic N) is 4. The number of aryl methyl sites for hydroxylation is 1. The van der Waals surface area contributed by atoms with Crippen molar-refractivity contribution in [3.05, 3.63) is 62.5 Å². The van der Waals surface area contributed by atoms with Gasteiger partial charge in [0, 0.05) is 12.2 Å². The molecule has 0 spiro atoms. The summed E-state index contributed by atoms with van der Waals surface area (Å²) < 4.78 is 2.20. The molecule has 0 saturated heterocycles. The zero-order chi connectivity index (χ0) is 21.3. The van der Waals surface area contributed by atoms with E-state index < -0.39 is 0 Å². The molecular formula is C20H18Cl2N6OS. The topological polar surface area (TPSA) is 84.7 Å². The van der Waals surface area contributed by atoms with E-state index in [1.807, 2.05) is 44.3 Å². The van der Waals surface area contributed by atoms with Crippen LogP contribution in [0.5, 0.6) is 0 Å². The second kappa shape index (κ2) is 8.59. The Balaban J connectivity index is 1.48. The molecule has 154 valence electrons. The molecule has 3 heterocycles. The minimum absolute atomic E-state index is 0.0625. The Bertz CT molecular complexity index is 1200. The van der Waals surface area contributed by atoms with Crippen molar-refractivity contribution in [2.75, 3.05) is 10.6 Å². The van der Waals surface area contributed by atoms with Crippen molar-refractivity contribution < 1.29 is 4.79 Å². The Labute approximate surface area is 187 Å². The van der Waals surface area contributed by atoms with E-state index in [4.69, 9.17) is 23.2 Å². The molecule has 0 radical (unpaired) electrons. The molecule has 0 aliphatic carbocycles. The van der Waals surface area contributed by atoms with Crippen LogP contribution >= 0.6 is 34.5 Å². The van der Waals surface area contributed by atoms with Gasteiger partial charge in [0.25, 0.3) is 5.91 Å². The van der Waals surface area contributed by atoms with Crippen LogP contribution in [0.15, 0.2) is 42.7 Å². The first-order valence-corrected chi connectivity index (χ1v) is 10.8. The van der Waals surface area contributed by atoms with Crippen molar-refractivity contribution in [1.29, 1.82) is 0 Å². The van der Waals surface area contributed by atoms with Gasteiger partial charge in [0.05, 0.1) is 28.3 Å². The van der Waals surface area contributed by atoms with Crippen LogP contribution in [0.2, 0.25) is 9.36 Å². The number of fused-ring (bicyclic) bond motifs is 1. The summed E-state index contributed by atoms with van der Waals surface area (Å²) in [5.41, 5.74) is 3.02. The average molecular weight is 461 g/mol. The second-order valence-corrected chi connectivity index (χ2v) is 8.69. The molecule has 0 aliphatic rings. The predicted octanol–water partition coefficient (Wildman–Crippen LogP) is 5.64. The van der Waals surface area contributed by atoms with Gasteiger partial charge in [0.15, 0.2) is 0 Å². The summed E-state index contributed by atoms with van der Waals surface area (Å²) in [6.07, 6.45) is 3.56. The maximum absolute atomic E-state index is 12.4. The number of carbonyl (C=O) groups excluding carboxylic acids is 1. The molecule has 0 fully saturated rings. The van der Waals surface area contributed by atoms with Crippen molar-refractivity contribution in [2.45, 2.75) is 26.4 Å². The molecule has 0 aliphatic heterocycles. The summed E-state index contributed by atoms with van der Waals surface area (Å²) in [6.45, 7) is 4.79. The Hall–Kier alpha value is -2.68. The Kier molecular flexibility index (Phi) is 5.90. The summed E-state index contributed by atoms with van der Waals surface area (Å²) in [4.78, 5) is 21.8. The zero-order valence-electron chi connectivity index (χ0n) is 16.2. The number of aromatic nitrogens is 4. The highest BCUT2D eigenvalue weighted by atomic mass is 35.5. The monoisotopic (exact) mass is 460 g/mol. The van der Waals surface area contributed by atoms with Gasteiger partial charge in [-0.05, 0) is 37.6 Å². The highest BCUT2D eigenvalue weighted by Gasteiger charge is 2.14. The number of carbonyl (C=O) groups is 1. The zero-order valence-corrected chi connectivity index (χ0v) is 18.5. The lowest BCUT2D eigenvalue weighted by atomic mass is 10.1. The number of amides is 1. The number of benzene rings is 1. The van der Waals surface area contributed by atoms with Gasteiger partial charge in [0.2, 0.25) is 5.65 Å². The summed E-state index contributed by atoms with van der Waals surface area (Å²) in [7, 11) is 0. The molecule has 1 aromatic carbocycles. The number of rotatable bonds is 6. The molecule has 1 atom stereocenters. The first kappa shape index (κ1) is 20.6. The Morgan fingerprint density at radius 3 is 2.87 bits per heavy atom. The van der Waals surface area contributed by atoms with E-state index in [1.165, 1.54) is 0 Å². The fourth-order valence-electron chi connectivity index (χ4n) is 2.92. The fraction of sp³-hybridized carbons (Fsp3) is 0.200. The molecule has 0 saturated carbocycles. The SMILES string of the molecule is CCn1cc2ncc(N[C@@H](C)c3cccc(NC(=O)c4cc(Cl)c(Cl)s4)c3)nc2n1. The molecule has 4 aromatic rings. The Morgan fingerprint density at radius 2 is 2.13 bits per heavy atom. The van der Waals surface area contributed by atoms with Crippen molar-refractivity contribution >= 4 is 63.1 Å². The number of anilines is 2. The summed E-state index contributed by atoms with van der Waals surface area (Å²) in [6, 6.07) is 9.09. The van der Waals surface area contributed by atoms with Gasteiger partial charge in [-0.15, -0.1) is 11.3 Å². The molecule has 3 aromatic heterocycles. The maximum atomic E-state index is 12.4. The highest BCUT2D eigenvalue weighted by Crippen LogP contribution is 2.32. The first-order chi connectivity index (χ1) is 14.4. The lowest BCUT2D eigenvalue weighted by Gasteiger charge is -2.16. The van der Waals surface area contributed by atoms with Crippen LogP contribution in [0.25, 0.3) is 11.2 Å². The first-order valence-electron chi connectivity index (χ1n) is 9.26. The molecule has 10 heteroatoms. The molecular weight excluding hydrogens is 443 g/mol. The van der Waals surface area contributed by atoms with Crippen molar-refractivity contribution in [3.8, 4) is 0 Å². The number of nitrogens with one attached hydrogen (secondary N) is 2. The van der Waals surface area contributed by atoms with E-state index in [0.717, 1.165) is 29.0 Å². The van der Waals surface area contributed by atoms with Gasteiger partial charge >= 0.3 is 0 Å². The van der Waals surface area contributed by atoms with Gasteiger partial charge in [-0.2, -0.15) is 5.10 Å². The average Bonchev–Trinajstić information content (AvgIpc) is 3.30. The highest BCUT2D eigenvalue weighted by molar-refractivity contribution is 7.18. The van der Waals surface area contributed by atoms with Crippen LogP contribution in [0, 0.1) is 0 Å². The Morgan fingerprint density at radius 1 is 1.30 bits per heavy atom. The van der Waals surface area contributed by atoms with Crippen molar-refractivity contribution in [3.63, 3.8) is 0 Å². The predicted molar refractivity (Wildman–Crippen MR) is 122 cm³/mol. The van der Waals surface area contributed by atoms with Crippen molar-refractivity contribution in [1.82, 2.24) is 19.7 Å². The van der Waals surface area contributed by atoms with E-state index in [2.05, 4.69) is 25.7 Å². The van der Waals surface area contributed by atoms with Crippen LogP contribution in [0.1, 0.15) is 35.1 Å². The second-order valence-electron chi connectivity index (χ2n) is 6.63. The normalized spacial score (nSPS) is 12.1. The van der Waals surface area contributed by atoms with Gasteiger partial charge < -0.3 is 10.6 Å². The van der Waals surface area contributed by atoms with Crippen LogP contribution in [-0.4, -0.2) is 25.7 Å². The lowest BCUT2D eigenvalue weighted by Crippen LogP contribution is -2.12. The summed E-state index contributed by atoms with van der Waals surface area (Å²) >= 11 is 13.0. The molecule has 2 N–H and O–H groups in total. The molecule has 0 bridgehead atoms. The fourth-order valence-corrected chi connectivity index (χ4v) is 4.18. The summed E-state index contributed by atoms with van der Waals surface area (Å²) in [5.74, 6) is 0.378. The quantitative estimate of drug-likeness (QED) is 0.388. The molecule has 7 nitrogen and oxygen atoms in total. The van der Waals surface area contributed by atoms with E-state index in [9.17, 15) is 4.79 Å². The standard InChI is InChI=1S/C20H18Cl2N6OS/c1-3-28-10-15-19(27-28)26-17(9-23-15)24-11(2)12-5-4-6-13(7-12)25-20(29)16-8-14(21)18(22)30-16/h4-11H,3H2,1-2H3,(H,25,29)(H,24,26,27)/t11-/m0/s1. The van der Waals surface area contributed by atoms with Gasteiger partial charge in [-0.25, -0.2) is 9.97 Å². The van der Waals surface area contributed by atoms with Crippen molar-refractivity contribution in [2.24, 2.45) is 0 Å². The minimum Gasteiger partial charge on any atom is -0.362 e. The number of thiophene rings is 1. The molecule has 4 rings (SSSR count). The molecule has 30 heavy (non-hydrogen) atoms. The largest absolute Gasteiger partial charge is 0.362 e. The van der Waals surface area contributed by atoms with Gasteiger partial charge in [-0.1, -0.05) is 35.3 Å². The van der Waals surface area contributed by atoms with Crippen LogP contribution < -0.4 is 10.6 Å². The van der Waals surface area contributed by atoms with E-state index in [0.29, 0.717) is 31.4 Å². The third kappa shape index (κ3) is 4.40. The van der Waals surface area contributed by atoms with Gasteiger partial charge in [0.1, 0.15) is 15.7 Å². The minimum atomic E-state index is -0.255. The third-order valence-electron chi connectivity index (χ3n) is 4.48. The van der Waals surface area contributed by atoms with Crippen LogP contribution in [0.3, 0.4) is 0 Å². The van der Waals surface area contributed by atoms with E-state index in [1.54, 1.807) is 16.9 Å². The van der Waals surface area contributed by atoms with E-state index >= 15 is 0 Å². The van der Waals surface area contributed by atoms with E-state index in [-0.39, 0.29) is 11.9 Å². The molecule has 1 amide bonds. The van der Waals surface area contributed by atoms with Crippen LogP contribution in [-0.2, 0) is 6.54 Å². The maximum Gasteiger partial charge on any atom is 0.265 e. The lowest BCUT2D eigenvalue weighted by molar-refractivity contribution is 0.103.